The van der Waals surface area contributed by atoms with E-state index in [1.54, 1.807) is 12.1 Å². The van der Waals surface area contributed by atoms with E-state index < -0.39 is 5.97 Å². The van der Waals surface area contributed by atoms with Crippen LogP contribution in [0.4, 0.5) is 5.69 Å². The van der Waals surface area contributed by atoms with Gasteiger partial charge in [-0.15, -0.1) is 0 Å². The molecule has 7 nitrogen and oxygen atoms in total. The van der Waals surface area contributed by atoms with Crippen LogP contribution < -0.4 is 14.8 Å². The molecule has 0 bridgehead atoms. The summed E-state index contributed by atoms with van der Waals surface area (Å²) in [5, 5.41) is 22.9. The standard InChI is InChI=1S/C22H23N3O4/c1-3-28-20-10-17(22(26)27)19(11-21(20)29-4-2)24-8-7-15-13-25-18-9-14(12-23)5-6-16(15)18/h5-6,9-11,13,24-25H,3-4,7-8H2,1-2H3,(H,26,27). The topological polar surface area (TPSA) is 107 Å². The lowest BCUT2D eigenvalue weighted by atomic mass is 10.1. The Morgan fingerprint density at radius 2 is 1.90 bits per heavy atom. The average Bonchev–Trinajstić information content (AvgIpc) is 3.12. The van der Waals surface area contributed by atoms with Crippen molar-refractivity contribution in [3.63, 3.8) is 0 Å². The van der Waals surface area contributed by atoms with Crippen LogP contribution in [0.15, 0.2) is 36.5 Å². The lowest BCUT2D eigenvalue weighted by Crippen LogP contribution is -2.11. The van der Waals surface area contributed by atoms with Gasteiger partial charge < -0.3 is 24.9 Å². The molecule has 0 radical (unpaired) electrons. The fraction of sp³-hybridized carbons (Fsp3) is 0.273. The van der Waals surface area contributed by atoms with E-state index in [4.69, 9.17) is 14.7 Å². The molecule has 0 aliphatic rings. The number of aromatic nitrogens is 1. The molecule has 3 aromatic rings. The minimum Gasteiger partial charge on any atom is -0.490 e. The number of H-pyrrole nitrogens is 1. The number of nitrogens with zero attached hydrogens (tertiary/aromatic N) is 1. The number of carbonyl (C=O) groups is 1. The number of benzene rings is 2. The second-order valence-corrected chi connectivity index (χ2v) is 6.38. The first-order chi connectivity index (χ1) is 14.1. The third kappa shape index (κ3) is 4.43. The van der Waals surface area contributed by atoms with Gasteiger partial charge in [0, 0.05) is 35.8 Å². The number of carboxylic acids is 1. The number of hydrogen-bond acceptors (Lipinski definition) is 5. The molecular formula is C22H23N3O4. The van der Waals surface area contributed by atoms with E-state index in [1.165, 1.54) is 6.07 Å². The molecule has 1 aromatic heterocycles. The number of rotatable bonds is 9. The first-order valence-corrected chi connectivity index (χ1v) is 9.48. The zero-order valence-electron chi connectivity index (χ0n) is 16.4. The van der Waals surface area contributed by atoms with Crippen molar-refractivity contribution in [2.24, 2.45) is 0 Å². The molecule has 0 amide bonds. The van der Waals surface area contributed by atoms with Gasteiger partial charge in [-0.25, -0.2) is 4.79 Å². The Hall–Kier alpha value is -3.66. The van der Waals surface area contributed by atoms with E-state index in [-0.39, 0.29) is 5.56 Å². The fourth-order valence-corrected chi connectivity index (χ4v) is 3.21. The van der Waals surface area contributed by atoms with Crippen molar-refractivity contribution in [1.82, 2.24) is 4.98 Å². The van der Waals surface area contributed by atoms with Gasteiger partial charge in [0.15, 0.2) is 11.5 Å². The monoisotopic (exact) mass is 393 g/mol. The SMILES string of the molecule is CCOc1cc(NCCc2c[nH]c3cc(C#N)ccc23)c(C(=O)O)cc1OCC. The fourth-order valence-electron chi connectivity index (χ4n) is 3.21. The summed E-state index contributed by atoms with van der Waals surface area (Å²) in [6.07, 6.45) is 2.59. The van der Waals surface area contributed by atoms with E-state index in [1.807, 2.05) is 32.2 Å². The molecule has 0 aliphatic heterocycles. The molecule has 2 aromatic carbocycles. The second-order valence-electron chi connectivity index (χ2n) is 6.38. The van der Waals surface area contributed by atoms with Crippen LogP contribution >= 0.6 is 0 Å². The Balaban J connectivity index is 1.80. The van der Waals surface area contributed by atoms with Crippen LogP contribution in [-0.2, 0) is 6.42 Å². The maximum atomic E-state index is 11.7. The molecule has 29 heavy (non-hydrogen) atoms. The highest BCUT2D eigenvalue weighted by molar-refractivity contribution is 5.95. The Labute approximate surface area is 168 Å². The van der Waals surface area contributed by atoms with Crippen LogP contribution in [0, 0.1) is 11.3 Å². The Bertz CT molecular complexity index is 1070. The number of nitriles is 1. The molecule has 1 heterocycles. The van der Waals surface area contributed by atoms with Crippen LogP contribution in [0.25, 0.3) is 10.9 Å². The summed E-state index contributed by atoms with van der Waals surface area (Å²) >= 11 is 0. The minimum atomic E-state index is -1.03. The summed E-state index contributed by atoms with van der Waals surface area (Å²) in [5.74, 6) is -0.104. The summed E-state index contributed by atoms with van der Waals surface area (Å²) in [6.45, 7) is 5.10. The van der Waals surface area contributed by atoms with Gasteiger partial charge in [0.25, 0.3) is 0 Å². The van der Waals surface area contributed by atoms with E-state index in [9.17, 15) is 9.90 Å². The number of carboxylic acid groups (broad SMARTS) is 1. The largest absolute Gasteiger partial charge is 0.490 e. The summed E-state index contributed by atoms with van der Waals surface area (Å²) in [5.41, 5.74) is 3.22. The summed E-state index contributed by atoms with van der Waals surface area (Å²) < 4.78 is 11.1. The first-order valence-electron chi connectivity index (χ1n) is 9.48. The zero-order valence-corrected chi connectivity index (χ0v) is 16.4. The van der Waals surface area contributed by atoms with E-state index in [0.717, 1.165) is 16.5 Å². The molecule has 150 valence electrons. The molecule has 0 atom stereocenters. The smallest absolute Gasteiger partial charge is 0.337 e. The summed E-state index contributed by atoms with van der Waals surface area (Å²) in [7, 11) is 0. The Morgan fingerprint density at radius 1 is 1.17 bits per heavy atom. The molecule has 7 heteroatoms. The maximum absolute atomic E-state index is 11.7. The normalized spacial score (nSPS) is 10.5. The minimum absolute atomic E-state index is 0.134. The summed E-state index contributed by atoms with van der Waals surface area (Å²) in [4.78, 5) is 14.9. The van der Waals surface area contributed by atoms with Gasteiger partial charge in [-0.2, -0.15) is 5.26 Å². The number of ether oxygens (including phenoxy) is 2. The maximum Gasteiger partial charge on any atom is 0.337 e. The van der Waals surface area contributed by atoms with Crippen LogP contribution in [0.5, 0.6) is 11.5 Å². The molecule has 0 saturated heterocycles. The number of aromatic carboxylic acids is 1. The molecule has 0 unspecified atom stereocenters. The Kier molecular flexibility index (Phi) is 6.25. The first kappa shape index (κ1) is 20.1. The highest BCUT2D eigenvalue weighted by atomic mass is 16.5. The summed E-state index contributed by atoms with van der Waals surface area (Å²) in [6, 6.07) is 10.8. The van der Waals surface area contributed by atoms with Gasteiger partial charge in [-0.3, -0.25) is 0 Å². The number of aromatic amines is 1. The van der Waals surface area contributed by atoms with Gasteiger partial charge in [0.2, 0.25) is 0 Å². The highest BCUT2D eigenvalue weighted by Gasteiger charge is 2.17. The second kappa shape index (κ2) is 9.02. The van der Waals surface area contributed by atoms with Crippen LogP contribution in [0.2, 0.25) is 0 Å². The van der Waals surface area contributed by atoms with E-state index in [0.29, 0.717) is 48.9 Å². The quantitative estimate of drug-likeness (QED) is 0.503. The van der Waals surface area contributed by atoms with Crippen molar-refractivity contribution >= 4 is 22.6 Å². The van der Waals surface area contributed by atoms with Crippen molar-refractivity contribution in [2.75, 3.05) is 25.1 Å². The number of nitrogens with one attached hydrogen (secondary N) is 2. The number of fused-ring (bicyclic) bond motifs is 1. The number of hydrogen-bond donors (Lipinski definition) is 3. The average molecular weight is 393 g/mol. The van der Waals surface area contributed by atoms with Gasteiger partial charge in [-0.1, -0.05) is 6.07 Å². The number of anilines is 1. The van der Waals surface area contributed by atoms with Crippen molar-refractivity contribution in [3.05, 3.63) is 53.2 Å². The van der Waals surface area contributed by atoms with Crippen molar-refractivity contribution < 1.29 is 19.4 Å². The van der Waals surface area contributed by atoms with E-state index in [2.05, 4.69) is 16.4 Å². The van der Waals surface area contributed by atoms with Gasteiger partial charge in [-0.05, 0) is 38.0 Å². The highest BCUT2D eigenvalue weighted by Crippen LogP contribution is 2.34. The lowest BCUT2D eigenvalue weighted by Gasteiger charge is -2.16. The molecule has 0 spiro atoms. The van der Waals surface area contributed by atoms with Gasteiger partial charge >= 0.3 is 5.97 Å². The molecule has 0 aliphatic carbocycles. The van der Waals surface area contributed by atoms with Gasteiger partial charge in [0.05, 0.1) is 36.1 Å². The van der Waals surface area contributed by atoms with Gasteiger partial charge in [0.1, 0.15) is 0 Å². The molecule has 3 rings (SSSR count). The Morgan fingerprint density at radius 3 is 2.55 bits per heavy atom. The molecule has 0 fully saturated rings. The molecule has 3 N–H and O–H groups in total. The molecular weight excluding hydrogens is 370 g/mol. The predicted octanol–water partition coefficient (Wildman–Crippen LogP) is 4.19. The van der Waals surface area contributed by atoms with Crippen LogP contribution in [-0.4, -0.2) is 35.8 Å². The van der Waals surface area contributed by atoms with E-state index >= 15 is 0 Å². The van der Waals surface area contributed by atoms with Crippen LogP contribution in [0.3, 0.4) is 0 Å². The molecule has 0 saturated carbocycles. The third-order valence-corrected chi connectivity index (χ3v) is 4.52. The van der Waals surface area contributed by atoms with Crippen molar-refractivity contribution in [1.29, 1.82) is 5.26 Å². The van der Waals surface area contributed by atoms with Crippen molar-refractivity contribution in [2.45, 2.75) is 20.3 Å². The lowest BCUT2D eigenvalue weighted by molar-refractivity contribution is 0.0697. The third-order valence-electron chi connectivity index (χ3n) is 4.52. The predicted molar refractivity (Wildman–Crippen MR) is 111 cm³/mol. The van der Waals surface area contributed by atoms with Crippen LogP contribution in [0.1, 0.15) is 35.3 Å². The van der Waals surface area contributed by atoms with Crippen molar-refractivity contribution in [3.8, 4) is 17.6 Å². The zero-order chi connectivity index (χ0) is 20.8.